The number of benzene rings is 2. The number of hydrogen-bond acceptors (Lipinski definition) is 9. The van der Waals surface area contributed by atoms with Crippen molar-refractivity contribution in [3.8, 4) is 34.4 Å². The molecule has 200 valence electrons. The van der Waals surface area contributed by atoms with Gasteiger partial charge in [0, 0.05) is 23.3 Å². The largest absolute Gasteiger partial charge is 0.488 e. The summed E-state index contributed by atoms with van der Waals surface area (Å²) in [5.74, 6) is 0.960. The molecule has 1 unspecified atom stereocenters. The summed E-state index contributed by atoms with van der Waals surface area (Å²) in [5.41, 5.74) is 9.05. The van der Waals surface area contributed by atoms with Gasteiger partial charge < -0.3 is 24.7 Å². The van der Waals surface area contributed by atoms with E-state index in [1.165, 1.54) is 23.9 Å². The van der Waals surface area contributed by atoms with Crippen molar-refractivity contribution in [2.24, 2.45) is 0 Å². The standard InChI is InChI=1S/C29H23N5O5S/c1-16-23(33-27(38-16)18-3-5-19(6-4-18)29(35)36)15-40-28-22(13-30)24(25(32-2)26(31)34-28)17-7-9-20(10-8-17)39-21-11-12-37-14-21/h3-10,21H,11-12,14-15H2,1H3,(H2,31,34)(H,35,36). The van der Waals surface area contributed by atoms with E-state index >= 15 is 0 Å². The van der Waals surface area contributed by atoms with Crippen LogP contribution in [0.15, 0.2) is 58.0 Å². The number of carboxylic acids is 1. The third kappa shape index (κ3) is 5.47. The van der Waals surface area contributed by atoms with Gasteiger partial charge in [0.15, 0.2) is 0 Å². The molecule has 0 saturated carbocycles. The lowest BCUT2D eigenvalue weighted by Gasteiger charge is -2.15. The summed E-state index contributed by atoms with van der Waals surface area (Å²) in [7, 11) is 0. The van der Waals surface area contributed by atoms with Crippen LogP contribution in [0.5, 0.6) is 5.75 Å². The number of anilines is 1. The average Bonchev–Trinajstić information content (AvgIpc) is 3.61. The number of nitrogens with two attached hydrogens (primary N) is 1. The monoisotopic (exact) mass is 553 g/mol. The number of pyridine rings is 1. The fraction of sp³-hybridized carbons (Fsp3) is 0.207. The van der Waals surface area contributed by atoms with Crippen LogP contribution in [-0.4, -0.2) is 40.4 Å². The highest BCUT2D eigenvalue weighted by molar-refractivity contribution is 7.98. The number of rotatable bonds is 8. The van der Waals surface area contributed by atoms with E-state index < -0.39 is 5.97 Å². The topological polar surface area (TPSA) is 149 Å². The Morgan fingerprint density at radius 2 is 1.95 bits per heavy atom. The van der Waals surface area contributed by atoms with Crippen LogP contribution < -0.4 is 10.5 Å². The molecule has 11 heteroatoms. The van der Waals surface area contributed by atoms with Crippen LogP contribution in [0, 0.1) is 24.8 Å². The number of thioether (sulfide) groups is 1. The molecule has 0 bridgehead atoms. The highest BCUT2D eigenvalue weighted by Gasteiger charge is 2.22. The minimum Gasteiger partial charge on any atom is -0.488 e. The molecule has 1 aliphatic rings. The second-order valence-corrected chi connectivity index (χ2v) is 9.91. The Balaban J connectivity index is 1.41. The van der Waals surface area contributed by atoms with Crippen molar-refractivity contribution in [3.05, 3.63) is 82.5 Å². The molecule has 0 spiro atoms. The van der Waals surface area contributed by atoms with Gasteiger partial charge in [0.2, 0.25) is 11.6 Å². The molecule has 0 amide bonds. The predicted molar refractivity (Wildman–Crippen MR) is 148 cm³/mol. The SMILES string of the molecule is [C-]#[N+]c1c(N)nc(SCc2nc(-c3ccc(C(=O)O)cc3)oc2C)c(C#N)c1-c1ccc(OC2CCOC2)cc1. The minimum absolute atomic E-state index is 0.00324. The van der Waals surface area contributed by atoms with E-state index in [0.29, 0.717) is 63.8 Å². The summed E-state index contributed by atoms with van der Waals surface area (Å²) in [4.78, 5) is 23.6. The van der Waals surface area contributed by atoms with Crippen molar-refractivity contribution in [1.29, 1.82) is 5.26 Å². The Morgan fingerprint density at radius 3 is 2.58 bits per heavy atom. The number of aromatic carboxylic acids is 1. The number of carboxylic acid groups (broad SMARTS) is 1. The maximum absolute atomic E-state index is 11.1. The molecule has 1 atom stereocenters. The van der Waals surface area contributed by atoms with Crippen LogP contribution in [0.1, 0.15) is 33.8 Å². The molecule has 1 fully saturated rings. The molecule has 3 heterocycles. The van der Waals surface area contributed by atoms with E-state index in [0.717, 1.165) is 6.42 Å². The molecule has 10 nitrogen and oxygen atoms in total. The number of nitrogen functional groups attached to an aromatic ring is 1. The zero-order valence-corrected chi connectivity index (χ0v) is 22.2. The number of aromatic nitrogens is 2. The van der Waals surface area contributed by atoms with Crippen molar-refractivity contribution in [3.63, 3.8) is 0 Å². The zero-order valence-electron chi connectivity index (χ0n) is 21.4. The Bertz CT molecular complexity index is 1650. The van der Waals surface area contributed by atoms with Gasteiger partial charge >= 0.3 is 5.97 Å². The van der Waals surface area contributed by atoms with Crippen LogP contribution in [0.25, 0.3) is 27.4 Å². The van der Waals surface area contributed by atoms with Gasteiger partial charge in [-0.1, -0.05) is 23.9 Å². The second-order valence-electron chi connectivity index (χ2n) is 8.95. The Kier molecular flexibility index (Phi) is 7.69. The van der Waals surface area contributed by atoms with E-state index in [2.05, 4.69) is 20.9 Å². The quantitative estimate of drug-likeness (QED) is 0.200. The van der Waals surface area contributed by atoms with E-state index in [4.69, 9.17) is 31.3 Å². The predicted octanol–water partition coefficient (Wildman–Crippen LogP) is 5.87. The lowest BCUT2D eigenvalue weighted by Crippen LogP contribution is -2.15. The van der Waals surface area contributed by atoms with Crippen molar-refractivity contribution >= 4 is 29.2 Å². The molecule has 1 saturated heterocycles. The molecule has 5 rings (SSSR count). The molecule has 4 aromatic rings. The number of nitrogens with zero attached hydrogens (tertiary/aromatic N) is 4. The number of hydrogen-bond donors (Lipinski definition) is 2. The molecule has 0 aliphatic carbocycles. The van der Waals surface area contributed by atoms with Crippen LogP contribution in [0.2, 0.25) is 0 Å². The summed E-state index contributed by atoms with van der Waals surface area (Å²) in [6, 6.07) is 15.7. The molecular weight excluding hydrogens is 530 g/mol. The van der Waals surface area contributed by atoms with E-state index in [-0.39, 0.29) is 28.7 Å². The Hall–Kier alpha value is -4.84. The Labute approximate surface area is 234 Å². The molecule has 3 N–H and O–H groups in total. The van der Waals surface area contributed by atoms with Gasteiger partial charge in [-0.15, -0.1) is 0 Å². The molecule has 2 aromatic heterocycles. The van der Waals surface area contributed by atoms with Crippen LogP contribution in [0.4, 0.5) is 11.5 Å². The first kappa shape index (κ1) is 26.8. The fourth-order valence-corrected chi connectivity index (χ4v) is 5.25. The fourth-order valence-electron chi connectivity index (χ4n) is 4.25. The van der Waals surface area contributed by atoms with Crippen LogP contribution >= 0.6 is 11.8 Å². The summed E-state index contributed by atoms with van der Waals surface area (Å²) in [5, 5.41) is 19.6. The van der Waals surface area contributed by atoms with Crippen molar-refractivity contribution in [2.45, 2.75) is 30.2 Å². The van der Waals surface area contributed by atoms with Crippen LogP contribution in [-0.2, 0) is 10.5 Å². The molecular formula is C29H23N5O5S. The van der Waals surface area contributed by atoms with Gasteiger partial charge in [-0.2, -0.15) is 5.26 Å². The van der Waals surface area contributed by atoms with Gasteiger partial charge in [-0.3, -0.25) is 0 Å². The number of oxazole rings is 1. The molecule has 0 radical (unpaired) electrons. The zero-order chi connectivity index (χ0) is 28.2. The van der Waals surface area contributed by atoms with Crippen molar-refractivity contribution < 1.29 is 23.8 Å². The smallest absolute Gasteiger partial charge is 0.335 e. The third-order valence-electron chi connectivity index (χ3n) is 6.34. The van der Waals surface area contributed by atoms with Gasteiger partial charge in [-0.25, -0.2) is 19.6 Å². The first-order valence-corrected chi connectivity index (χ1v) is 13.2. The van der Waals surface area contributed by atoms with E-state index in [1.54, 1.807) is 43.3 Å². The molecule has 1 aliphatic heterocycles. The summed E-state index contributed by atoms with van der Waals surface area (Å²) < 4.78 is 17.1. The van der Waals surface area contributed by atoms with E-state index in [1.807, 2.05) is 0 Å². The number of carbonyl (C=O) groups is 1. The summed E-state index contributed by atoms with van der Waals surface area (Å²) in [6.07, 6.45) is 0.830. The number of ether oxygens (including phenoxy) is 2. The average molecular weight is 554 g/mol. The summed E-state index contributed by atoms with van der Waals surface area (Å²) >= 11 is 1.27. The number of aryl methyl sites for hydroxylation is 1. The van der Waals surface area contributed by atoms with Gasteiger partial charge in [-0.05, 0) is 48.9 Å². The van der Waals surface area contributed by atoms with Gasteiger partial charge in [0.1, 0.15) is 34.5 Å². The first-order valence-electron chi connectivity index (χ1n) is 12.3. The first-order chi connectivity index (χ1) is 19.4. The van der Waals surface area contributed by atoms with E-state index in [9.17, 15) is 10.1 Å². The molecule has 40 heavy (non-hydrogen) atoms. The third-order valence-corrected chi connectivity index (χ3v) is 7.33. The highest BCUT2D eigenvalue weighted by atomic mass is 32.2. The highest BCUT2D eigenvalue weighted by Crippen LogP contribution is 2.42. The summed E-state index contributed by atoms with van der Waals surface area (Å²) in [6.45, 7) is 10.7. The van der Waals surface area contributed by atoms with Gasteiger partial charge in [0.25, 0.3) is 0 Å². The normalized spacial score (nSPS) is 14.4. The van der Waals surface area contributed by atoms with Gasteiger partial charge in [0.05, 0.1) is 36.6 Å². The lowest BCUT2D eigenvalue weighted by molar-refractivity contribution is 0.0697. The molecule has 2 aromatic carbocycles. The lowest BCUT2D eigenvalue weighted by atomic mass is 10.00. The van der Waals surface area contributed by atoms with Crippen molar-refractivity contribution in [2.75, 3.05) is 18.9 Å². The van der Waals surface area contributed by atoms with Crippen molar-refractivity contribution in [1.82, 2.24) is 9.97 Å². The van der Waals surface area contributed by atoms with Crippen LogP contribution in [0.3, 0.4) is 0 Å². The number of nitriles is 1. The second kappa shape index (κ2) is 11.5. The Morgan fingerprint density at radius 1 is 1.23 bits per heavy atom. The maximum atomic E-state index is 11.1. The minimum atomic E-state index is -1.01. The maximum Gasteiger partial charge on any atom is 0.335 e.